The van der Waals surface area contributed by atoms with Gasteiger partial charge in [-0.1, -0.05) is 6.07 Å². The van der Waals surface area contributed by atoms with E-state index >= 15 is 0 Å². The fourth-order valence-corrected chi connectivity index (χ4v) is 3.47. The molecule has 1 atom stereocenters. The molecule has 124 valence electrons. The highest BCUT2D eigenvalue weighted by atomic mass is 19.1. The van der Waals surface area contributed by atoms with E-state index in [2.05, 4.69) is 10.2 Å². The minimum Gasteiger partial charge on any atom is -0.490 e. The monoisotopic (exact) mass is 326 g/mol. The lowest BCUT2D eigenvalue weighted by molar-refractivity contribution is 0.0936. The van der Waals surface area contributed by atoms with Gasteiger partial charge in [-0.3, -0.25) is 4.79 Å². The Hall–Kier alpha value is -2.56. The largest absolute Gasteiger partial charge is 0.490 e. The highest BCUT2D eigenvalue weighted by molar-refractivity contribution is 5.96. The molecule has 24 heavy (non-hydrogen) atoms. The van der Waals surface area contributed by atoms with Crippen LogP contribution in [0.1, 0.15) is 33.9 Å². The molecule has 2 aromatic rings. The maximum atomic E-state index is 13.3. The number of fused-ring (bicyclic) bond motifs is 2. The Morgan fingerprint density at radius 1 is 1.29 bits per heavy atom. The van der Waals surface area contributed by atoms with Gasteiger partial charge in [0.15, 0.2) is 0 Å². The normalized spacial score (nSPS) is 18.6. The molecule has 5 heteroatoms. The van der Waals surface area contributed by atoms with E-state index in [-0.39, 0.29) is 17.8 Å². The van der Waals surface area contributed by atoms with Crippen molar-refractivity contribution in [2.75, 3.05) is 25.1 Å². The maximum absolute atomic E-state index is 13.3. The van der Waals surface area contributed by atoms with Crippen molar-refractivity contribution in [2.24, 2.45) is 0 Å². The van der Waals surface area contributed by atoms with Crippen molar-refractivity contribution < 1.29 is 13.9 Å². The molecule has 0 radical (unpaired) electrons. The molecule has 1 amide bonds. The number of ether oxygens (including phenoxy) is 1. The molecular formula is C19H19FN2O2. The van der Waals surface area contributed by atoms with Gasteiger partial charge in [0.2, 0.25) is 0 Å². The number of benzene rings is 2. The number of nitrogens with one attached hydrogen (secondary N) is 1. The molecule has 1 unspecified atom stereocenters. The highest BCUT2D eigenvalue weighted by Gasteiger charge is 2.25. The van der Waals surface area contributed by atoms with Crippen LogP contribution in [0.25, 0.3) is 0 Å². The number of halogens is 1. The van der Waals surface area contributed by atoms with Crippen LogP contribution >= 0.6 is 0 Å². The Kier molecular flexibility index (Phi) is 3.63. The van der Waals surface area contributed by atoms with E-state index in [0.29, 0.717) is 12.2 Å². The molecule has 0 bridgehead atoms. The molecular weight excluding hydrogens is 307 g/mol. The summed E-state index contributed by atoms with van der Waals surface area (Å²) in [5, 5.41) is 3.07. The van der Waals surface area contributed by atoms with E-state index in [9.17, 15) is 9.18 Å². The first kappa shape index (κ1) is 15.0. The van der Waals surface area contributed by atoms with Crippen LogP contribution in [0.2, 0.25) is 0 Å². The first-order chi connectivity index (χ1) is 11.6. The average Bonchev–Trinajstić information content (AvgIpc) is 2.97. The van der Waals surface area contributed by atoms with Crippen LogP contribution in [0.15, 0.2) is 36.4 Å². The lowest BCUT2D eigenvalue weighted by atomic mass is 10.1. The number of hydrogen-bond donors (Lipinski definition) is 1. The van der Waals surface area contributed by atoms with Gasteiger partial charge < -0.3 is 15.0 Å². The van der Waals surface area contributed by atoms with Crippen molar-refractivity contribution in [3.8, 4) is 5.75 Å². The van der Waals surface area contributed by atoms with Gasteiger partial charge in [-0.15, -0.1) is 0 Å². The molecule has 4 rings (SSSR count). The number of rotatable bonds is 2. The fourth-order valence-electron chi connectivity index (χ4n) is 3.47. The molecule has 0 spiro atoms. The van der Waals surface area contributed by atoms with Crippen molar-refractivity contribution in [2.45, 2.75) is 18.9 Å². The van der Waals surface area contributed by atoms with Gasteiger partial charge in [0.05, 0.1) is 18.3 Å². The van der Waals surface area contributed by atoms with E-state index in [1.54, 1.807) is 18.2 Å². The molecule has 2 aliphatic rings. The van der Waals surface area contributed by atoms with E-state index in [4.69, 9.17) is 4.74 Å². The Morgan fingerprint density at radius 3 is 3.04 bits per heavy atom. The number of anilines is 1. The minimum absolute atomic E-state index is 0.0573. The number of nitrogens with zero attached hydrogens (tertiary/aromatic N) is 1. The summed E-state index contributed by atoms with van der Waals surface area (Å²) in [6.07, 6.45) is 1.59. The number of aryl methyl sites for hydroxylation is 1. The van der Waals surface area contributed by atoms with Gasteiger partial charge in [-0.2, -0.15) is 0 Å². The van der Waals surface area contributed by atoms with Crippen molar-refractivity contribution in [3.63, 3.8) is 0 Å². The molecule has 0 aromatic heterocycles. The predicted molar refractivity (Wildman–Crippen MR) is 90.1 cm³/mol. The second kappa shape index (κ2) is 5.82. The zero-order valence-corrected chi connectivity index (χ0v) is 13.5. The Morgan fingerprint density at radius 2 is 2.17 bits per heavy atom. The van der Waals surface area contributed by atoms with Crippen LogP contribution < -0.4 is 15.0 Å². The molecule has 1 aliphatic carbocycles. The van der Waals surface area contributed by atoms with Crippen LogP contribution in [0.5, 0.6) is 5.75 Å². The molecule has 1 aliphatic heterocycles. The van der Waals surface area contributed by atoms with E-state index in [1.165, 1.54) is 6.07 Å². The zero-order valence-electron chi connectivity index (χ0n) is 13.5. The summed E-state index contributed by atoms with van der Waals surface area (Å²) in [5.74, 6) is 0.472. The SMILES string of the molecule is CN1CCOc2ccc(C(=O)NC3CCc4cc(F)ccc43)cc21. The van der Waals surface area contributed by atoms with Gasteiger partial charge >= 0.3 is 0 Å². The van der Waals surface area contributed by atoms with Crippen LogP contribution in [0, 0.1) is 5.82 Å². The van der Waals surface area contributed by atoms with Gasteiger partial charge in [0, 0.05) is 12.6 Å². The second-order valence-corrected chi connectivity index (χ2v) is 6.36. The second-order valence-electron chi connectivity index (χ2n) is 6.36. The number of amides is 1. The quantitative estimate of drug-likeness (QED) is 0.922. The predicted octanol–water partition coefficient (Wildman–Crippen LogP) is 3.07. The van der Waals surface area contributed by atoms with Gasteiger partial charge in [-0.25, -0.2) is 4.39 Å². The highest BCUT2D eigenvalue weighted by Crippen LogP contribution is 2.33. The number of hydrogen-bond acceptors (Lipinski definition) is 3. The van der Waals surface area contributed by atoms with Gasteiger partial charge in [-0.05, 0) is 54.3 Å². The van der Waals surface area contributed by atoms with Crippen molar-refractivity contribution in [1.29, 1.82) is 0 Å². The van der Waals surface area contributed by atoms with Gasteiger partial charge in [0.1, 0.15) is 18.2 Å². The maximum Gasteiger partial charge on any atom is 0.251 e. The van der Waals surface area contributed by atoms with E-state index in [1.807, 2.05) is 19.2 Å². The number of carbonyl (C=O) groups is 1. The molecule has 0 saturated heterocycles. The summed E-state index contributed by atoms with van der Waals surface area (Å²) in [6.45, 7) is 1.46. The Labute approximate surface area is 140 Å². The summed E-state index contributed by atoms with van der Waals surface area (Å²) >= 11 is 0. The molecule has 2 aromatic carbocycles. The Bertz CT molecular complexity index is 806. The third kappa shape index (κ3) is 2.60. The lowest BCUT2D eigenvalue weighted by Gasteiger charge is -2.28. The van der Waals surface area contributed by atoms with Crippen LogP contribution in [0.3, 0.4) is 0 Å². The van der Waals surface area contributed by atoms with Crippen molar-refractivity contribution in [3.05, 3.63) is 58.9 Å². The smallest absolute Gasteiger partial charge is 0.251 e. The first-order valence-corrected chi connectivity index (χ1v) is 8.19. The third-order valence-corrected chi connectivity index (χ3v) is 4.80. The molecule has 1 N–H and O–H groups in total. The zero-order chi connectivity index (χ0) is 16.7. The van der Waals surface area contributed by atoms with E-state index in [0.717, 1.165) is 42.0 Å². The topological polar surface area (TPSA) is 41.6 Å². The summed E-state index contributed by atoms with van der Waals surface area (Å²) in [5.41, 5.74) is 3.55. The van der Waals surface area contributed by atoms with Gasteiger partial charge in [0.25, 0.3) is 5.91 Å². The number of likely N-dealkylation sites (N-methyl/N-ethyl adjacent to an activating group) is 1. The van der Waals surface area contributed by atoms with Crippen molar-refractivity contribution in [1.82, 2.24) is 5.32 Å². The third-order valence-electron chi connectivity index (χ3n) is 4.80. The average molecular weight is 326 g/mol. The molecule has 0 fully saturated rings. The summed E-state index contributed by atoms with van der Waals surface area (Å²) < 4.78 is 18.9. The minimum atomic E-state index is -0.224. The number of carbonyl (C=O) groups excluding carboxylic acids is 1. The standard InChI is InChI=1S/C19H19FN2O2/c1-22-8-9-24-18-7-3-13(11-17(18)22)19(23)21-16-6-2-12-10-14(20)4-5-15(12)16/h3-5,7,10-11,16H,2,6,8-9H2,1H3,(H,21,23). The first-order valence-electron chi connectivity index (χ1n) is 8.19. The Balaban J connectivity index is 1.55. The van der Waals surface area contributed by atoms with Crippen molar-refractivity contribution >= 4 is 11.6 Å². The van der Waals surface area contributed by atoms with Crippen LogP contribution in [-0.4, -0.2) is 26.1 Å². The molecule has 4 nitrogen and oxygen atoms in total. The fraction of sp³-hybridized carbons (Fsp3) is 0.316. The molecule has 1 heterocycles. The molecule has 0 saturated carbocycles. The van der Waals surface area contributed by atoms with E-state index < -0.39 is 0 Å². The lowest BCUT2D eigenvalue weighted by Crippen LogP contribution is -2.30. The summed E-state index contributed by atoms with van der Waals surface area (Å²) in [6, 6.07) is 10.2. The van der Waals surface area contributed by atoms with Crippen LogP contribution in [0.4, 0.5) is 10.1 Å². The summed E-state index contributed by atoms with van der Waals surface area (Å²) in [4.78, 5) is 14.7. The summed E-state index contributed by atoms with van der Waals surface area (Å²) in [7, 11) is 1.99. The van der Waals surface area contributed by atoms with Crippen LogP contribution in [-0.2, 0) is 6.42 Å².